The number of rotatable bonds is 15. The summed E-state index contributed by atoms with van der Waals surface area (Å²) in [5.74, 6) is -2.12. The summed E-state index contributed by atoms with van der Waals surface area (Å²) in [5, 5.41) is 13.4. The van der Waals surface area contributed by atoms with E-state index in [0.717, 1.165) is 43.7 Å². The highest BCUT2D eigenvalue weighted by atomic mass is 32.1. The van der Waals surface area contributed by atoms with Crippen LogP contribution in [0.15, 0.2) is 83.6 Å². The third-order valence-corrected chi connectivity index (χ3v) is 10.1. The van der Waals surface area contributed by atoms with Gasteiger partial charge in [-0.2, -0.15) is 0 Å². The summed E-state index contributed by atoms with van der Waals surface area (Å²) in [6.45, 7) is 4.41. The van der Waals surface area contributed by atoms with Gasteiger partial charge in [0.15, 0.2) is 0 Å². The monoisotopic (exact) mass is 697 g/mol. The molecule has 0 fully saturated rings. The Kier molecular flexibility index (Phi) is 11.8. The molecule has 254 valence electrons. The van der Waals surface area contributed by atoms with Gasteiger partial charge in [0.1, 0.15) is 16.7 Å². The Morgan fingerprint density at radius 1 is 0.837 bits per heavy atom. The molecular weight excluding hydrogens is 659 g/mol. The lowest BCUT2D eigenvalue weighted by molar-refractivity contribution is -0.129. The first-order valence-electron chi connectivity index (χ1n) is 15.9. The maximum atomic E-state index is 14.4. The van der Waals surface area contributed by atoms with Crippen LogP contribution in [0.25, 0.3) is 10.1 Å². The largest absolute Gasteiger partial charge is 0.494 e. The normalized spacial score (nSPS) is 12.2. The summed E-state index contributed by atoms with van der Waals surface area (Å²) >= 11 is 2.63. The molecule has 5 rings (SSSR count). The molecule has 49 heavy (non-hydrogen) atoms. The fraction of sp³-hybridized carbons (Fsp3) is 0.243. The number of carbonyl (C=O) groups is 4. The molecule has 2 atom stereocenters. The average molecular weight is 698 g/mol. The summed E-state index contributed by atoms with van der Waals surface area (Å²) in [5.41, 5.74) is 15.6. The molecule has 12 heteroatoms. The number of fused-ring (bicyclic) bond motifs is 1. The van der Waals surface area contributed by atoms with Gasteiger partial charge in [-0.25, -0.2) is 0 Å². The van der Waals surface area contributed by atoms with E-state index in [9.17, 15) is 19.2 Å². The Labute approximate surface area is 292 Å². The molecule has 0 bridgehead atoms. The number of thiophene rings is 2. The number of benzene rings is 3. The van der Waals surface area contributed by atoms with Gasteiger partial charge in [-0.15, -0.1) is 22.7 Å². The predicted molar refractivity (Wildman–Crippen MR) is 195 cm³/mol. The standard InChI is InChI=1S/C37H39N5O5S2/c1-3-47-27-14-12-23(13-15-27)16-29(30-21-49-34(35(39)44)33(30)41-22(2)43)36(45)42-31(17-26-20-48-32-7-5-4-6-28(26)32)37(46)40-19-25-10-8-24(18-38)9-11-25/h4-15,20-21,29,31H,3,16-19,38H2,1-2H3,(H2,39,44)(H,40,46)(H,41,43)(H,42,45)/t29-,31+/m1/s1. The Balaban J connectivity index is 1.48. The Bertz CT molecular complexity index is 1930. The molecule has 0 aliphatic carbocycles. The average Bonchev–Trinajstić information content (AvgIpc) is 3.70. The fourth-order valence-corrected chi connectivity index (χ4v) is 7.49. The molecule has 0 radical (unpaired) electrons. The number of nitrogens with two attached hydrogens (primary N) is 2. The number of ether oxygens (including phenoxy) is 1. The Morgan fingerprint density at radius 2 is 1.53 bits per heavy atom. The number of primary amides is 1. The van der Waals surface area contributed by atoms with Crippen molar-refractivity contribution in [3.63, 3.8) is 0 Å². The fourth-order valence-electron chi connectivity index (χ4n) is 5.58. The first-order chi connectivity index (χ1) is 23.7. The van der Waals surface area contributed by atoms with E-state index >= 15 is 0 Å². The molecule has 5 aromatic rings. The van der Waals surface area contributed by atoms with E-state index in [1.165, 1.54) is 6.92 Å². The van der Waals surface area contributed by atoms with Crippen LogP contribution >= 0.6 is 22.7 Å². The van der Waals surface area contributed by atoms with Crippen LogP contribution in [0.4, 0.5) is 5.69 Å². The highest BCUT2D eigenvalue weighted by molar-refractivity contribution is 7.17. The summed E-state index contributed by atoms with van der Waals surface area (Å²) < 4.78 is 6.67. The molecule has 3 aromatic carbocycles. The molecule has 4 amide bonds. The topological polar surface area (TPSA) is 166 Å². The number of anilines is 1. The van der Waals surface area contributed by atoms with E-state index in [1.807, 2.05) is 85.1 Å². The number of nitrogens with one attached hydrogen (secondary N) is 3. The van der Waals surface area contributed by atoms with E-state index in [4.69, 9.17) is 16.2 Å². The first kappa shape index (κ1) is 35.3. The molecule has 0 aliphatic heterocycles. The van der Waals surface area contributed by atoms with Crippen LogP contribution in [0.5, 0.6) is 5.75 Å². The van der Waals surface area contributed by atoms with Crippen LogP contribution in [0.1, 0.15) is 57.3 Å². The zero-order valence-electron chi connectivity index (χ0n) is 27.3. The van der Waals surface area contributed by atoms with Crippen LogP contribution in [0.3, 0.4) is 0 Å². The Morgan fingerprint density at radius 3 is 2.20 bits per heavy atom. The summed E-state index contributed by atoms with van der Waals surface area (Å²) in [4.78, 5) is 53.0. The number of hydrogen-bond acceptors (Lipinski definition) is 8. The zero-order chi connectivity index (χ0) is 34.9. The van der Waals surface area contributed by atoms with Crippen molar-refractivity contribution >= 4 is 62.1 Å². The van der Waals surface area contributed by atoms with Crippen LogP contribution in [0.2, 0.25) is 0 Å². The van der Waals surface area contributed by atoms with Crippen molar-refractivity contribution in [3.8, 4) is 5.75 Å². The van der Waals surface area contributed by atoms with Gasteiger partial charge < -0.3 is 32.2 Å². The van der Waals surface area contributed by atoms with Crippen LogP contribution in [-0.4, -0.2) is 36.3 Å². The minimum Gasteiger partial charge on any atom is -0.494 e. The molecule has 0 saturated carbocycles. The Hall–Kier alpha value is -5.04. The second-order valence-electron chi connectivity index (χ2n) is 11.5. The third-order valence-electron chi connectivity index (χ3n) is 8.05. The maximum Gasteiger partial charge on any atom is 0.260 e. The van der Waals surface area contributed by atoms with Gasteiger partial charge in [0.25, 0.3) is 5.91 Å². The molecule has 2 aromatic heterocycles. The van der Waals surface area contributed by atoms with Gasteiger partial charge in [0, 0.05) is 31.1 Å². The lowest BCUT2D eigenvalue weighted by Gasteiger charge is -2.24. The maximum absolute atomic E-state index is 14.4. The highest BCUT2D eigenvalue weighted by Crippen LogP contribution is 2.36. The first-order valence-corrected chi connectivity index (χ1v) is 17.6. The van der Waals surface area contributed by atoms with Gasteiger partial charge in [0.2, 0.25) is 17.7 Å². The van der Waals surface area contributed by atoms with Crippen molar-refractivity contribution < 1.29 is 23.9 Å². The van der Waals surface area contributed by atoms with Crippen LogP contribution in [-0.2, 0) is 40.3 Å². The van der Waals surface area contributed by atoms with Gasteiger partial charge >= 0.3 is 0 Å². The van der Waals surface area contributed by atoms with Crippen molar-refractivity contribution in [2.45, 2.75) is 51.7 Å². The molecule has 0 unspecified atom stereocenters. The van der Waals surface area contributed by atoms with Gasteiger partial charge in [0.05, 0.1) is 18.2 Å². The van der Waals surface area contributed by atoms with E-state index in [0.29, 0.717) is 24.5 Å². The summed E-state index contributed by atoms with van der Waals surface area (Å²) in [6.07, 6.45) is 0.459. The smallest absolute Gasteiger partial charge is 0.260 e. The molecule has 0 spiro atoms. The van der Waals surface area contributed by atoms with E-state index in [1.54, 1.807) is 16.7 Å². The molecule has 10 nitrogen and oxygen atoms in total. The SMILES string of the molecule is CCOc1ccc(C[C@@H](C(=O)N[C@@H](Cc2csc3ccccc23)C(=O)NCc2ccc(CN)cc2)c2csc(C(N)=O)c2NC(C)=O)cc1. The summed E-state index contributed by atoms with van der Waals surface area (Å²) in [7, 11) is 0. The number of carbonyl (C=O) groups excluding carboxylic acids is 4. The van der Waals surface area contributed by atoms with Gasteiger partial charge in [-0.3, -0.25) is 19.2 Å². The zero-order valence-corrected chi connectivity index (χ0v) is 28.9. The van der Waals surface area contributed by atoms with E-state index in [2.05, 4.69) is 16.0 Å². The van der Waals surface area contributed by atoms with Crippen molar-refractivity contribution in [2.24, 2.45) is 11.5 Å². The molecule has 2 heterocycles. The minimum atomic E-state index is -0.935. The second-order valence-corrected chi connectivity index (χ2v) is 13.3. The minimum absolute atomic E-state index is 0.134. The quantitative estimate of drug-likeness (QED) is 0.100. The van der Waals surface area contributed by atoms with Gasteiger partial charge in [-0.05, 0) is 75.5 Å². The molecule has 7 N–H and O–H groups in total. The summed E-state index contributed by atoms with van der Waals surface area (Å²) in [6, 6.07) is 22.0. The van der Waals surface area contributed by atoms with E-state index in [-0.39, 0.29) is 35.9 Å². The third kappa shape index (κ3) is 8.91. The van der Waals surface area contributed by atoms with Gasteiger partial charge in [-0.1, -0.05) is 54.6 Å². The molecular formula is C37H39N5O5S2. The highest BCUT2D eigenvalue weighted by Gasteiger charge is 2.32. The van der Waals surface area contributed by atoms with Crippen molar-refractivity contribution in [2.75, 3.05) is 11.9 Å². The van der Waals surface area contributed by atoms with Crippen LogP contribution < -0.4 is 32.2 Å². The number of amides is 4. The van der Waals surface area contributed by atoms with Crippen molar-refractivity contribution in [1.29, 1.82) is 0 Å². The molecule has 0 aliphatic rings. The van der Waals surface area contributed by atoms with E-state index < -0.39 is 29.7 Å². The predicted octanol–water partition coefficient (Wildman–Crippen LogP) is 5.25. The number of hydrogen-bond donors (Lipinski definition) is 5. The lowest BCUT2D eigenvalue weighted by Crippen LogP contribution is -2.49. The van der Waals surface area contributed by atoms with Crippen molar-refractivity contribution in [3.05, 3.63) is 116 Å². The second kappa shape index (κ2) is 16.4. The van der Waals surface area contributed by atoms with Crippen LogP contribution in [0, 0.1) is 0 Å². The lowest BCUT2D eigenvalue weighted by atomic mass is 9.90. The van der Waals surface area contributed by atoms with Crippen molar-refractivity contribution in [1.82, 2.24) is 10.6 Å². The molecule has 0 saturated heterocycles.